The molecule has 0 saturated carbocycles. The number of hydrogen-bond donors (Lipinski definition) is 1. The summed E-state index contributed by atoms with van der Waals surface area (Å²) in [5, 5.41) is 4.34. The largest absolute Gasteiger partial charge is 0.324 e. The van der Waals surface area contributed by atoms with Gasteiger partial charge in [0.2, 0.25) is 0 Å². The number of hydrogen-bond acceptors (Lipinski definition) is 2. The number of rotatable bonds is 3. The van der Waals surface area contributed by atoms with Crippen molar-refractivity contribution in [1.82, 2.24) is 9.78 Å². The Hall–Kier alpha value is -0.880. The van der Waals surface area contributed by atoms with Crippen LogP contribution in [0.4, 0.5) is 0 Å². The quantitative estimate of drug-likeness (QED) is 0.872. The molecule has 0 amide bonds. The van der Waals surface area contributed by atoms with Gasteiger partial charge in [0.25, 0.3) is 0 Å². The minimum absolute atomic E-state index is 0.0258. The van der Waals surface area contributed by atoms with Gasteiger partial charge in [-0.1, -0.05) is 18.2 Å². The van der Waals surface area contributed by atoms with Crippen LogP contribution in [0.3, 0.4) is 0 Å². The van der Waals surface area contributed by atoms with Gasteiger partial charge in [0.1, 0.15) is 0 Å². The van der Waals surface area contributed by atoms with Gasteiger partial charge < -0.3 is 5.73 Å². The van der Waals surface area contributed by atoms with E-state index in [1.807, 2.05) is 30.8 Å². The summed E-state index contributed by atoms with van der Waals surface area (Å²) in [6.45, 7) is 2.00. The Morgan fingerprint density at radius 2 is 2.12 bits per heavy atom. The van der Waals surface area contributed by atoms with Gasteiger partial charge in [-0.3, -0.25) is 4.68 Å². The van der Waals surface area contributed by atoms with Crippen LogP contribution in [0.1, 0.15) is 23.0 Å². The number of benzene rings is 1. The van der Waals surface area contributed by atoms with E-state index >= 15 is 0 Å². The lowest BCUT2D eigenvalue weighted by molar-refractivity contribution is 0.638. The van der Waals surface area contributed by atoms with Gasteiger partial charge in [-0.25, -0.2) is 0 Å². The summed E-state index contributed by atoms with van der Waals surface area (Å²) in [7, 11) is 1.96. The fraction of sp³-hybridized carbons (Fsp3) is 0.308. The molecular weight excluding hydrogens is 325 g/mol. The lowest BCUT2D eigenvalue weighted by Gasteiger charge is -2.13. The zero-order chi connectivity index (χ0) is 12.4. The molecule has 1 heterocycles. The highest BCUT2D eigenvalue weighted by atomic mass is 127. The SMILES string of the molecule is Cc1cc(CC(N)c2ccccc2I)n(C)n1. The van der Waals surface area contributed by atoms with Gasteiger partial charge in [-0.05, 0) is 47.2 Å². The second-order valence-electron chi connectivity index (χ2n) is 4.23. The van der Waals surface area contributed by atoms with E-state index in [0.717, 1.165) is 12.1 Å². The van der Waals surface area contributed by atoms with Crippen LogP contribution in [0.15, 0.2) is 30.3 Å². The Morgan fingerprint density at radius 1 is 1.41 bits per heavy atom. The first-order chi connectivity index (χ1) is 8.08. The molecule has 1 unspecified atom stereocenters. The Morgan fingerprint density at radius 3 is 2.71 bits per heavy atom. The average Bonchev–Trinajstić information content (AvgIpc) is 2.58. The first-order valence-corrected chi connectivity index (χ1v) is 6.65. The molecule has 17 heavy (non-hydrogen) atoms. The highest BCUT2D eigenvalue weighted by Gasteiger charge is 2.12. The maximum atomic E-state index is 6.26. The number of aromatic nitrogens is 2. The van der Waals surface area contributed by atoms with Gasteiger partial charge in [0.15, 0.2) is 0 Å². The molecule has 0 bridgehead atoms. The molecule has 0 radical (unpaired) electrons. The molecule has 0 aliphatic carbocycles. The van der Waals surface area contributed by atoms with Crippen LogP contribution in [0.5, 0.6) is 0 Å². The summed E-state index contributed by atoms with van der Waals surface area (Å²) in [6, 6.07) is 10.4. The van der Waals surface area contributed by atoms with Crippen molar-refractivity contribution in [2.24, 2.45) is 12.8 Å². The molecule has 0 spiro atoms. The molecular formula is C13H16IN3. The molecule has 0 saturated heterocycles. The van der Waals surface area contributed by atoms with Crippen molar-refractivity contribution in [2.45, 2.75) is 19.4 Å². The smallest absolute Gasteiger partial charge is 0.0596 e. The first kappa shape index (κ1) is 12.6. The molecule has 4 heteroatoms. The lowest BCUT2D eigenvalue weighted by atomic mass is 10.0. The molecule has 3 nitrogen and oxygen atoms in total. The van der Waals surface area contributed by atoms with Crippen LogP contribution in [0.2, 0.25) is 0 Å². The van der Waals surface area contributed by atoms with E-state index in [2.05, 4.69) is 45.9 Å². The Bertz CT molecular complexity index is 519. The Labute approximate surface area is 115 Å². The predicted molar refractivity (Wildman–Crippen MR) is 77.7 cm³/mol. The Kier molecular flexibility index (Phi) is 3.83. The summed E-state index contributed by atoms with van der Waals surface area (Å²) in [6.07, 6.45) is 0.817. The van der Waals surface area contributed by atoms with Crippen LogP contribution in [-0.2, 0) is 13.5 Å². The summed E-state index contributed by atoms with van der Waals surface area (Å²) in [5.41, 5.74) is 9.68. The van der Waals surface area contributed by atoms with E-state index < -0.39 is 0 Å². The van der Waals surface area contributed by atoms with Crippen molar-refractivity contribution >= 4 is 22.6 Å². The molecule has 0 fully saturated rings. The van der Waals surface area contributed by atoms with Gasteiger partial charge in [0, 0.05) is 28.8 Å². The molecule has 0 aliphatic heterocycles. The van der Waals surface area contributed by atoms with Crippen LogP contribution in [0.25, 0.3) is 0 Å². The van der Waals surface area contributed by atoms with Crippen LogP contribution >= 0.6 is 22.6 Å². The number of aryl methyl sites for hydroxylation is 2. The van der Waals surface area contributed by atoms with Gasteiger partial charge in [-0.2, -0.15) is 5.10 Å². The normalized spacial score (nSPS) is 12.7. The minimum Gasteiger partial charge on any atom is -0.324 e. The number of halogens is 1. The zero-order valence-corrected chi connectivity index (χ0v) is 12.2. The highest BCUT2D eigenvalue weighted by molar-refractivity contribution is 14.1. The summed E-state index contributed by atoms with van der Waals surface area (Å²) >= 11 is 2.33. The van der Waals surface area contributed by atoms with Crippen LogP contribution in [-0.4, -0.2) is 9.78 Å². The topological polar surface area (TPSA) is 43.8 Å². The standard InChI is InChI=1S/C13H16IN3/c1-9-7-10(17(2)16-9)8-13(15)11-5-3-4-6-12(11)14/h3-7,13H,8,15H2,1-2H3. The van der Waals surface area contributed by atoms with E-state index in [-0.39, 0.29) is 6.04 Å². The maximum absolute atomic E-state index is 6.26. The Balaban J connectivity index is 2.20. The third kappa shape index (κ3) is 2.87. The van der Waals surface area contributed by atoms with Gasteiger partial charge in [-0.15, -0.1) is 0 Å². The fourth-order valence-electron chi connectivity index (χ4n) is 1.97. The monoisotopic (exact) mass is 341 g/mol. The minimum atomic E-state index is 0.0258. The second kappa shape index (κ2) is 5.18. The molecule has 2 rings (SSSR count). The molecule has 0 aliphatic rings. The van der Waals surface area contributed by atoms with Crippen LogP contribution in [0, 0.1) is 10.5 Å². The lowest BCUT2D eigenvalue weighted by Crippen LogP contribution is -2.16. The summed E-state index contributed by atoms with van der Waals surface area (Å²) in [4.78, 5) is 0. The van der Waals surface area contributed by atoms with E-state index in [9.17, 15) is 0 Å². The second-order valence-corrected chi connectivity index (χ2v) is 5.39. The predicted octanol–water partition coefficient (Wildman–Crippen LogP) is 2.58. The van der Waals surface area contributed by atoms with E-state index in [1.54, 1.807) is 0 Å². The summed E-state index contributed by atoms with van der Waals surface area (Å²) < 4.78 is 3.13. The van der Waals surface area contributed by atoms with Crippen LogP contribution < -0.4 is 5.73 Å². The third-order valence-corrected chi connectivity index (χ3v) is 3.82. The number of nitrogens with zero attached hydrogens (tertiary/aromatic N) is 2. The van der Waals surface area contributed by atoms with Crippen molar-refractivity contribution in [1.29, 1.82) is 0 Å². The van der Waals surface area contributed by atoms with E-state index in [0.29, 0.717) is 0 Å². The van der Waals surface area contributed by atoms with Gasteiger partial charge in [0.05, 0.1) is 5.69 Å². The molecule has 1 atom stereocenters. The molecule has 2 N–H and O–H groups in total. The summed E-state index contributed by atoms with van der Waals surface area (Å²) in [5.74, 6) is 0. The molecule has 1 aromatic heterocycles. The average molecular weight is 341 g/mol. The van der Waals surface area contributed by atoms with Crippen molar-refractivity contribution < 1.29 is 0 Å². The fourth-order valence-corrected chi connectivity index (χ4v) is 2.75. The van der Waals surface area contributed by atoms with Crippen molar-refractivity contribution in [3.63, 3.8) is 0 Å². The maximum Gasteiger partial charge on any atom is 0.0596 e. The zero-order valence-electron chi connectivity index (χ0n) is 10.0. The van der Waals surface area contributed by atoms with E-state index in [1.165, 1.54) is 14.8 Å². The highest BCUT2D eigenvalue weighted by Crippen LogP contribution is 2.21. The first-order valence-electron chi connectivity index (χ1n) is 5.57. The molecule has 90 valence electrons. The van der Waals surface area contributed by atoms with Crippen molar-refractivity contribution in [3.8, 4) is 0 Å². The third-order valence-electron chi connectivity index (χ3n) is 2.83. The molecule has 2 aromatic rings. The molecule has 1 aromatic carbocycles. The van der Waals surface area contributed by atoms with Crippen molar-refractivity contribution in [2.75, 3.05) is 0 Å². The number of nitrogens with two attached hydrogens (primary N) is 1. The van der Waals surface area contributed by atoms with Gasteiger partial charge >= 0.3 is 0 Å². The van der Waals surface area contributed by atoms with Crippen molar-refractivity contribution in [3.05, 3.63) is 50.9 Å². The van der Waals surface area contributed by atoms with E-state index in [4.69, 9.17) is 5.73 Å².